The first-order chi connectivity index (χ1) is 9.75. The van der Waals surface area contributed by atoms with Crippen molar-refractivity contribution in [3.63, 3.8) is 0 Å². The SMILES string of the molecule is Nc1ccccc1S(=O)Cc1cccc2cccnc12. The van der Waals surface area contributed by atoms with Crippen LogP contribution in [0.4, 0.5) is 5.69 Å². The average molecular weight is 282 g/mol. The topological polar surface area (TPSA) is 56.0 Å². The summed E-state index contributed by atoms with van der Waals surface area (Å²) >= 11 is 0. The van der Waals surface area contributed by atoms with Gasteiger partial charge in [-0.15, -0.1) is 0 Å². The van der Waals surface area contributed by atoms with Crippen molar-refractivity contribution in [1.29, 1.82) is 0 Å². The molecule has 2 N–H and O–H groups in total. The Bertz CT molecular complexity index is 781. The molecule has 100 valence electrons. The van der Waals surface area contributed by atoms with Crippen molar-refractivity contribution in [3.05, 3.63) is 66.4 Å². The van der Waals surface area contributed by atoms with Gasteiger partial charge in [0.05, 0.1) is 27.0 Å². The number of pyridine rings is 1. The van der Waals surface area contributed by atoms with Crippen LogP contribution in [0.3, 0.4) is 0 Å². The number of benzene rings is 2. The van der Waals surface area contributed by atoms with E-state index in [1.54, 1.807) is 12.3 Å². The molecule has 3 nitrogen and oxygen atoms in total. The molecule has 20 heavy (non-hydrogen) atoms. The summed E-state index contributed by atoms with van der Waals surface area (Å²) in [5.41, 5.74) is 8.32. The Hall–Kier alpha value is -2.20. The van der Waals surface area contributed by atoms with Crippen LogP contribution in [0.1, 0.15) is 5.56 Å². The fraction of sp³-hybridized carbons (Fsp3) is 0.0625. The molecule has 2 aromatic carbocycles. The number of fused-ring (bicyclic) bond motifs is 1. The van der Waals surface area contributed by atoms with Crippen LogP contribution in [-0.2, 0) is 16.6 Å². The van der Waals surface area contributed by atoms with Crippen LogP contribution in [0.5, 0.6) is 0 Å². The van der Waals surface area contributed by atoms with Gasteiger partial charge in [0.25, 0.3) is 0 Å². The first kappa shape index (κ1) is 12.8. The van der Waals surface area contributed by atoms with E-state index in [0.29, 0.717) is 16.3 Å². The third-order valence-corrected chi connectivity index (χ3v) is 4.60. The van der Waals surface area contributed by atoms with Gasteiger partial charge in [-0.1, -0.05) is 36.4 Å². The molecule has 0 aliphatic heterocycles. The van der Waals surface area contributed by atoms with Crippen LogP contribution in [0.2, 0.25) is 0 Å². The second-order valence-electron chi connectivity index (χ2n) is 4.52. The van der Waals surface area contributed by atoms with Crippen molar-refractivity contribution in [3.8, 4) is 0 Å². The zero-order valence-electron chi connectivity index (χ0n) is 10.8. The number of rotatable bonds is 3. The Kier molecular flexibility index (Phi) is 3.48. The standard InChI is InChI=1S/C16H14N2OS/c17-14-8-1-2-9-15(14)20(19)11-13-6-3-5-12-7-4-10-18-16(12)13/h1-10H,11,17H2. The average Bonchev–Trinajstić information content (AvgIpc) is 2.48. The third kappa shape index (κ3) is 2.42. The molecule has 3 rings (SSSR count). The molecule has 0 saturated heterocycles. The van der Waals surface area contributed by atoms with E-state index in [-0.39, 0.29) is 0 Å². The molecule has 3 aromatic rings. The number of nitrogens with two attached hydrogens (primary N) is 1. The monoisotopic (exact) mass is 282 g/mol. The predicted molar refractivity (Wildman–Crippen MR) is 82.7 cm³/mol. The zero-order chi connectivity index (χ0) is 13.9. The molecular formula is C16H14N2OS. The van der Waals surface area contributed by atoms with E-state index in [2.05, 4.69) is 4.98 Å². The summed E-state index contributed by atoms with van der Waals surface area (Å²) < 4.78 is 12.5. The van der Waals surface area contributed by atoms with Crippen LogP contribution >= 0.6 is 0 Å². The molecule has 0 aliphatic carbocycles. The van der Waals surface area contributed by atoms with Crippen LogP contribution < -0.4 is 5.73 Å². The number of hydrogen-bond donors (Lipinski definition) is 1. The van der Waals surface area contributed by atoms with Gasteiger partial charge in [-0.2, -0.15) is 0 Å². The second-order valence-corrected chi connectivity index (χ2v) is 5.94. The Morgan fingerprint density at radius 1 is 1.00 bits per heavy atom. The Morgan fingerprint density at radius 2 is 1.80 bits per heavy atom. The lowest BCUT2D eigenvalue weighted by Gasteiger charge is -2.07. The van der Waals surface area contributed by atoms with Crippen molar-refractivity contribution in [1.82, 2.24) is 4.98 Å². The first-order valence-electron chi connectivity index (χ1n) is 6.31. The number of nitrogen functional groups attached to an aromatic ring is 1. The van der Waals surface area contributed by atoms with Gasteiger partial charge in [-0.3, -0.25) is 9.19 Å². The zero-order valence-corrected chi connectivity index (χ0v) is 11.6. The van der Waals surface area contributed by atoms with E-state index in [1.807, 2.05) is 48.5 Å². The normalized spacial score (nSPS) is 12.4. The van der Waals surface area contributed by atoms with E-state index >= 15 is 0 Å². The van der Waals surface area contributed by atoms with Gasteiger partial charge in [0.1, 0.15) is 0 Å². The van der Waals surface area contributed by atoms with Gasteiger partial charge in [0, 0.05) is 17.3 Å². The lowest BCUT2D eigenvalue weighted by molar-refractivity contribution is 0.683. The van der Waals surface area contributed by atoms with Crippen molar-refractivity contribution >= 4 is 27.4 Å². The number of aromatic nitrogens is 1. The highest BCUT2D eigenvalue weighted by Crippen LogP contribution is 2.22. The molecule has 0 radical (unpaired) electrons. The Labute approximate surface area is 119 Å². The third-order valence-electron chi connectivity index (χ3n) is 3.17. The minimum absolute atomic E-state index is 0.419. The minimum Gasteiger partial charge on any atom is -0.398 e. The van der Waals surface area contributed by atoms with Crippen molar-refractivity contribution in [2.45, 2.75) is 10.6 Å². The fourth-order valence-electron chi connectivity index (χ4n) is 2.19. The van der Waals surface area contributed by atoms with Gasteiger partial charge < -0.3 is 5.73 Å². The maximum absolute atomic E-state index is 12.5. The fourth-order valence-corrected chi connectivity index (χ4v) is 3.42. The van der Waals surface area contributed by atoms with Crippen LogP contribution in [0, 0.1) is 0 Å². The van der Waals surface area contributed by atoms with Crippen molar-refractivity contribution in [2.24, 2.45) is 0 Å². The molecule has 0 amide bonds. The summed E-state index contributed by atoms with van der Waals surface area (Å²) in [5.74, 6) is 0.419. The molecule has 1 atom stereocenters. The van der Waals surface area contributed by atoms with Gasteiger partial charge in [0.2, 0.25) is 0 Å². The van der Waals surface area contributed by atoms with Crippen LogP contribution in [0.15, 0.2) is 65.7 Å². The highest BCUT2D eigenvalue weighted by Gasteiger charge is 2.10. The molecule has 0 aliphatic rings. The van der Waals surface area contributed by atoms with E-state index in [4.69, 9.17) is 5.73 Å². The summed E-state index contributed by atoms with van der Waals surface area (Å²) in [6.45, 7) is 0. The number of anilines is 1. The molecule has 0 saturated carbocycles. The van der Waals surface area contributed by atoms with Crippen molar-refractivity contribution in [2.75, 3.05) is 5.73 Å². The lowest BCUT2D eigenvalue weighted by Crippen LogP contribution is -2.01. The van der Waals surface area contributed by atoms with Gasteiger partial charge in [-0.05, 0) is 23.8 Å². The van der Waals surface area contributed by atoms with E-state index < -0.39 is 10.8 Å². The highest BCUT2D eigenvalue weighted by molar-refractivity contribution is 7.84. The molecule has 0 bridgehead atoms. The van der Waals surface area contributed by atoms with E-state index in [0.717, 1.165) is 16.5 Å². The van der Waals surface area contributed by atoms with Crippen molar-refractivity contribution < 1.29 is 4.21 Å². The predicted octanol–water partition coefficient (Wildman–Crippen LogP) is 3.12. The second kappa shape index (κ2) is 5.43. The molecular weight excluding hydrogens is 268 g/mol. The van der Waals surface area contributed by atoms with E-state index in [1.165, 1.54) is 0 Å². The number of para-hydroxylation sites is 2. The van der Waals surface area contributed by atoms with Gasteiger partial charge >= 0.3 is 0 Å². The highest BCUT2D eigenvalue weighted by atomic mass is 32.2. The van der Waals surface area contributed by atoms with Gasteiger partial charge in [0.15, 0.2) is 0 Å². The molecule has 4 heteroatoms. The first-order valence-corrected chi connectivity index (χ1v) is 7.63. The molecule has 1 heterocycles. The summed E-state index contributed by atoms with van der Waals surface area (Å²) in [6, 6.07) is 17.1. The Morgan fingerprint density at radius 3 is 2.65 bits per heavy atom. The molecule has 0 fully saturated rings. The van der Waals surface area contributed by atoms with Crippen LogP contribution in [0.25, 0.3) is 10.9 Å². The number of hydrogen-bond acceptors (Lipinski definition) is 3. The summed E-state index contributed by atoms with van der Waals surface area (Å²) in [5, 5.41) is 1.06. The lowest BCUT2D eigenvalue weighted by atomic mass is 10.1. The summed E-state index contributed by atoms with van der Waals surface area (Å²) in [7, 11) is -1.17. The van der Waals surface area contributed by atoms with Gasteiger partial charge in [-0.25, -0.2) is 0 Å². The van der Waals surface area contributed by atoms with E-state index in [9.17, 15) is 4.21 Å². The molecule has 1 aromatic heterocycles. The Balaban J connectivity index is 1.98. The molecule has 1 unspecified atom stereocenters. The maximum Gasteiger partial charge on any atom is 0.0743 e. The minimum atomic E-state index is -1.17. The van der Waals surface area contributed by atoms with Crippen LogP contribution in [-0.4, -0.2) is 9.19 Å². The summed E-state index contributed by atoms with van der Waals surface area (Å²) in [6.07, 6.45) is 1.76. The summed E-state index contributed by atoms with van der Waals surface area (Å²) in [4.78, 5) is 5.07. The number of nitrogens with zero attached hydrogens (tertiary/aromatic N) is 1. The smallest absolute Gasteiger partial charge is 0.0743 e. The largest absolute Gasteiger partial charge is 0.398 e. The maximum atomic E-state index is 12.5. The quantitative estimate of drug-likeness (QED) is 0.751. The molecule has 0 spiro atoms.